The van der Waals surface area contributed by atoms with Crippen LogP contribution in [0.2, 0.25) is 0 Å². The number of esters is 1. The summed E-state index contributed by atoms with van der Waals surface area (Å²) in [5, 5.41) is 10.5. The Morgan fingerprint density at radius 1 is 1.02 bits per heavy atom. The molecule has 3 N–H and O–H groups in total. The predicted molar refractivity (Wildman–Crippen MR) is 189 cm³/mol. The van der Waals surface area contributed by atoms with Crippen LogP contribution in [0.3, 0.4) is 0 Å². The fraction of sp³-hybridized carbons (Fsp3) is 0.306. The number of urea groups is 1. The molecular formula is C36H40N8O5. The minimum atomic E-state index is -0.515. The van der Waals surface area contributed by atoms with Crippen LogP contribution in [0.1, 0.15) is 29.8 Å². The van der Waals surface area contributed by atoms with E-state index in [9.17, 15) is 9.59 Å². The van der Waals surface area contributed by atoms with Crippen LogP contribution >= 0.6 is 0 Å². The first-order chi connectivity index (χ1) is 23.8. The predicted octanol–water partition coefficient (Wildman–Crippen LogP) is 5.55. The minimum absolute atomic E-state index is 0.246. The molecule has 13 nitrogen and oxygen atoms in total. The zero-order chi connectivity index (χ0) is 34.3. The van der Waals surface area contributed by atoms with Gasteiger partial charge in [0.1, 0.15) is 23.5 Å². The number of nitrogens with one attached hydrogen (secondary N) is 3. The number of morpholine rings is 1. The van der Waals surface area contributed by atoms with Gasteiger partial charge in [-0.05, 0) is 50.1 Å². The summed E-state index contributed by atoms with van der Waals surface area (Å²) >= 11 is 0. The Bertz CT molecular complexity index is 1940. The molecule has 0 unspecified atom stereocenters. The first-order valence-electron chi connectivity index (χ1n) is 16.2. The van der Waals surface area contributed by atoms with Crippen LogP contribution in [0.5, 0.6) is 5.75 Å². The lowest BCUT2D eigenvalue weighted by Crippen LogP contribution is -2.37. The molecule has 2 aromatic carbocycles. The van der Waals surface area contributed by atoms with Gasteiger partial charge in [0, 0.05) is 56.7 Å². The molecule has 2 amide bonds. The maximum absolute atomic E-state index is 13.3. The Kier molecular flexibility index (Phi) is 10.2. The van der Waals surface area contributed by atoms with Gasteiger partial charge in [0.2, 0.25) is 0 Å². The third kappa shape index (κ3) is 7.41. The quantitative estimate of drug-likeness (QED) is 0.154. The van der Waals surface area contributed by atoms with Gasteiger partial charge in [0.15, 0.2) is 0 Å². The first kappa shape index (κ1) is 33.2. The average Bonchev–Trinajstić information content (AvgIpc) is 3.39. The second kappa shape index (κ2) is 15.0. The highest BCUT2D eigenvalue weighted by Crippen LogP contribution is 2.44. The summed E-state index contributed by atoms with van der Waals surface area (Å²) in [5.74, 6) is 0.700. The van der Waals surface area contributed by atoms with Crippen molar-refractivity contribution >= 4 is 45.8 Å². The number of hydrogen-bond acceptors (Lipinski definition) is 10. The van der Waals surface area contributed by atoms with Gasteiger partial charge in [-0.2, -0.15) is 0 Å². The number of rotatable bonds is 11. The van der Waals surface area contributed by atoms with Crippen LogP contribution in [0.15, 0.2) is 73.4 Å². The van der Waals surface area contributed by atoms with Gasteiger partial charge in [-0.25, -0.2) is 19.6 Å². The number of ether oxygens (including phenoxy) is 3. The summed E-state index contributed by atoms with van der Waals surface area (Å²) in [7, 11) is 3.54. The molecule has 0 radical (unpaired) electrons. The maximum atomic E-state index is 13.3. The van der Waals surface area contributed by atoms with Crippen LogP contribution < -0.4 is 25.6 Å². The first-order valence-corrected chi connectivity index (χ1v) is 16.2. The normalized spacial score (nSPS) is 13.0. The lowest BCUT2D eigenvalue weighted by molar-refractivity contribution is 0.0378. The molecule has 1 aliphatic heterocycles. The van der Waals surface area contributed by atoms with Crippen molar-refractivity contribution in [2.24, 2.45) is 7.05 Å². The standard InChI is InChI=1S/C36H40N8O5/c1-23(2)49-35(45)26-21-38-22-40-33(26)32-25-7-5-6-8-29(25)43(3)34(32)41-28-19-27(30(20-31(28)47-4)44-15-17-48-18-16-44)42-36(46)39-14-11-24-9-12-37-13-10-24/h5-10,12-13,19-23,41H,11,14-18H2,1-4H3,(H2,39,42,46). The molecule has 1 fully saturated rings. The Morgan fingerprint density at radius 2 is 1.80 bits per heavy atom. The Morgan fingerprint density at radius 3 is 2.55 bits per heavy atom. The van der Waals surface area contributed by atoms with E-state index in [1.165, 1.54) is 12.5 Å². The summed E-state index contributed by atoms with van der Waals surface area (Å²) in [6.45, 7) is 6.50. The van der Waals surface area contributed by atoms with Crippen LogP contribution in [0.25, 0.3) is 22.2 Å². The SMILES string of the molecule is COc1cc(N2CCOCC2)c(NC(=O)NCCc2ccncc2)cc1Nc1c(-c2ncncc2C(=O)OC(C)C)c2ccccc2n1C. The van der Waals surface area contributed by atoms with Gasteiger partial charge < -0.3 is 39.6 Å². The van der Waals surface area contributed by atoms with E-state index in [1.54, 1.807) is 33.4 Å². The van der Waals surface area contributed by atoms with Crippen molar-refractivity contribution in [2.75, 3.05) is 55.5 Å². The molecule has 0 aliphatic carbocycles. The van der Waals surface area contributed by atoms with Crippen molar-refractivity contribution in [3.63, 3.8) is 0 Å². The van der Waals surface area contributed by atoms with Crippen LogP contribution in [0, 0.1) is 0 Å². The molecule has 254 valence electrons. The van der Waals surface area contributed by atoms with Gasteiger partial charge in [-0.1, -0.05) is 18.2 Å². The van der Waals surface area contributed by atoms with E-state index in [0.717, 1.165) is 22.2 Å². The lowest BCUT2D eigenvalue weighted by atomic mass is 10.0. The fourth-order valence-corrected chi connectivity index (χ4v) is 5.90. The second-order valence-corrected chi connectivity index (χ2v) is 11.8. The Labute approximate surface area is 284 Å². The molecular weight excluding hydrogens is 624 g/mol. The third-order valence-electron chi connectivity index (χ3n) is 8.24. The van der Waals surface area contributed by atoms with E-state index in [1.807, 2.05) is 60.1 Å². The zero-order valence-corrected chi connectivity index (χ0v) is 28.0. The summed E-state index contributed by atoms with van der Waals surface area (Å²) in [5.41, 5.74) is 5.36. The number of aryl methyl sites for hydroxylation is 1. The van der Waals surface area contributed by atoms with E-state index < -0.39 is 5.97 Å². The van der Waals surface area contributed by atoms with E-state index >= 15 is 0 Å². The third-order valence-corrected chi connectivity index (χ3v) is 8.24. The molecule has 0 saturated carbocycles. The van der Waals surface area contributed by atoms with Crippen LogP contribution in [-0.4, -0.2) is 77.6 Å². The summed E-state index contributed by atoms with van der Waals surface area (Å²) in [4.78, 5) is 41.4. The molecule has 4 heterocycles. The highest BCUT2D eigenvalue weighted by molar-refractivity contribution is 6.08. The van der Waals surface area contributed by atoms with E-state index in [0.29, 0.717) is 73.5 Å². The number of methoxy groups -OCH3 is 1. The molecule has 0 atom stereocenters. The number of carbonyl (C=O) groups is 2. The van der Waals surface area contributed by atoms with Gasteiger partial charge in [0.25, 0.3) is 0 Å². The number of nitrogens with zero attached hydrogens (tertiary/aromatic N) is 5. The summed E-state index contributed by atoms with van der Waals surface area (Å²) < 4.78 is 19.1. The number of para-hydroxylation sites is 1. The highest BCUT2D eigenvalue weighted by atomic mass is 16.5. The number of fused-ring (bicyclic) bond motifs is 1. The molecule has 1 aliphatic rings. The van der Waals surface area contributed by atoms with E-state index in [-0.39, 0.29) is 17.7 Å². The topological polar surface area (TPSA) is 145 Å². The smallest absolute Gasteiger partial charge is 0.342 e. The lowest BCUT2D eigenvalue weighted by Gasteiger charge is -2.31. The average molecular weight is 665 g/mol. The number of pyridine rings is 1. The van der Waals surface area contributed by atoms with Gasteiger partial charge in [-0.15, -0.1) is 0 Å². The van der Waals surface area contributed by atoms with Crippen LogP contribution in [-0.2, 0) is 22.9 Å². The maximum Gasteiger partial charge on any atom is 0.342 e. The molecule has 0 spiro atoms. The molecule has 0 bridgehead atoms. The van der Waals surface area contributed by atoms with Gasteiger partial charge in [0.05, 0.1) is 60.3 Å². The van der Waals surface area contributed by atoms with Gasteiger partial charge >= 0.3 is 12.0 Å². The minimum Gasteiger partial charge on any atom is -0.494 e. The van der Waals surface area contributed by atoms with Crippen molar-refractivity contribution in [3.05, 3.63) is 84.6 Å². The van der Waals surface area contributed by atoms with Crippen molar-refractivity contribution < 1.29 is 23.8 Å². The molecule has 49 heavy (non-hydrogen) atoms. The highest BCUT2D eigenvalue weighted by Gasteiger charge is 2.26. The summed E-state index contributed by atoms with van der Waals surface area (Å²) in [6.07, 6.45) is 6.71. The Balaban J connectivity index is 1.40. The van der Waals surface area contributed by atoms with Crippen LogP contribution in [0.4, 0.5) is 27.7 Å². The van der Waals surface area contributed by atoms with Crippen molar-refractivity contribution in [3.8, 4) is 17.0 Å². The van der Waals surface area contributed by atoms with E-state index in [2.05, 4.69) is 35.8 Å². The molecule has 5 aromatic rings. The van der Waals surface area contributed by atoms with E-state index in [4.69, 9.17) is 14.2 Å². The molecule has 13 heteroatoms. The largest absolute Gasteiger partial charge is 0.494 e. The van der Waals surface area contributed by atoms with Crippen molar-refractivity contribution in [1.82, 2.24) is 24.8 Å². The number of benzene rings is 2. The number of anilines is 4. The zero-order valence-electron chi connectivity index (χ0n) is 28.0. The molecule has 6 rings (SSSR count). The molecule has 1 saturated heterocycles. The number of hydrogen-bond donors (Lipinski definition) is 3. The number of carbonyl (C=O) groups excluding carboxylic acids is 2. The second-order valence-electron chi connectivity index (χ2n) is 11.8. The van der Waals surface area contributed by atoms with Gasteiger partial charge in [-0.3, -0.25) is 4.98 Å². The fourth-order valence-electron chi connectivity index (χ4n) is 5.90. The summed E-state index contributed by atoms with van der Waals surface area (Å²) in [6, 6.07) is 15.2. The monoisotopic (exact) mass is 664 g/mol. The Hall–Kier alpha value is -5.69. The van der Waals surface area contributed by atoms with Crippen molar-refractivity contribution in [1.29, 1.82) is 0 Å². The van der Waals surface area contributed by atoms with Crippen molar-refractivity contribution in [2.45, 2.75) is 26.4 Å². The molecule has 3 aromatic heterocycles. The number of amides is 2. The number of aromatic nitrogens is 4.